The molecule has 1 amide bonds. The van der Waals surface area contributed by atoms with E-state index >= 15 is 0 Å². The summed E-state index contributed by atoms with van der Waals surface area (Å²) in [5.74, 6) is -0.743. The van der Waals surface area contributed by atoms with Gasteiger partial charge in [-0.25, -0.2) is 13.8 Å². The van der Waals surface area contributed by atoms with Crippen LogP contribution in [0.25, 0.3) is 10.2 Å². The van der Waals surface area contributed by atoms with Gasteiger partial charge in [-0.05, 0) is 35.6 Å². The third-order valence-electron chi connectivity index (χ3n) is 4.45. The molecular weight excluding hydrogens is 422 g/mol. The molecule has 0 N–H and O–H groups in total. The lowest BCUT2D eigenvalue weighted by molar-refractivity contribution is 0.0985. The smallest absolute Gasteiger partial charge is 0.260 e. The standard InChI is InChI=1S/C23H18F2N2OS2/c1-2-29-18-10-6-9-16(11-18)22(28)27(14-15-7-4-3-5-8-15)23-26-21-19(25)12-17(24)13-20(21)30-23/h3-13H,2,14H2,1H3. The van der Waals surface area contributed by atoms with E-state index in [2.05, 4.69) is 11.9 Å². The summed E-state index contributed by atoms with van der Waals surface area (Å²) in [5, 5.41) is 0.330. The van der Waals surface area contributed by atoms with Gasteiger partial charge in [0.25, 0.3) is 5.91 Å². The van der Waals surface area contributed by atoms with Gasteiger partial charge in [-0.3, -0.25) is 9.69 Å². The molecule has 4 rings (SSSR count). The lowest BCUT2D eigenvalue weighted by Gasteiger charge is -2.20. The van der Waals surface area contributed by atoms with Gasteiger partial charge in [0, 0.05) is 16.5 Å². The first kappa shape index (κ1) is 20.5. The van der Waals surface area contributed by atoms with Crippen LogP contribution in [0.3, 0.4) is 0 Å². The number of thioether (sulfide) groups is 1. The highest BCUT2D eigenvalue weighted by molar-refractivity contribution is 7.99. The molecule has 4 aromatic rings. The Bertz CT molecular complexity index is 1190. The van der Waals surface area contributed by atoms with E-state index in [-0.39, 0.29) is 18.0 Å². The molecule has 30 heavy (non-hydrogen) atoms. The molecule has 0 aliphatic heterocycles. The Kier molecular flexibility index (Phi) is 6.11. The second kappa shape index (κ2) is 8.93. The number of halogens is 2. The fraction of sp³-hybridized carbons (Fsp3) is 0.130. The Morgan fingerprint density at radius 1 is 1.07 bits per heavy atom. The van der Waals surface area contributed by atoms with Crippen molar-refractivity contribution in [1.82, 2.24) is 4.98 Å². The van der Waals surface area contributed by atoms with Crippen molar-refractivity contribution in [3.63, 3.8) is 0 Å². The minimum atomic E-state index is -0.735. The molecule has 0 radical (unpaired) electrons. The second-order valence-corrected chi connectivity index (χ2v) is 8.92. The summed E-state index contributed by atoms with van der Waals surface area (Å²) in [6.45, 7) is 2.32. The van der Waals surface area contributed by atoms with Crippen LogP contribution in [-0.4, -0.2) is 16.6 Å². The second-order valence-electron chi connectivity index (χ2n) is 6.57. The molecule has 152 valence electrons. The number of thiazole rings is 1. The van der Waals surface area contributed by atoms with E-state index in [0.717, 1.165) is 33.6 Å². The first-order valence-corrected chi connectivity index (χ1v) is 11.2. The van der Waals surface area contributed by atoms with Gasteiger partial charge in [-0.15, -0.1) is 11.8 Å². The highest BCUT2D eigenvalue weighted by Gasteiger charge is 2.23. The maximum Gasteiger partial charge on any atom is 0.260 e. The molecule has 0 saturated heterocycles. The third kappa shape index (κ3) is 4.37. The molecule has 0 atom stereocenters. The van der Waals surface area contributed by atoms with Crippen LogP contribution in [0.5, 0.6) is 0 Å². The highest BCUT2D eigenvalue weighted by atomic mass is 32.2. The zero-order valence-corrected chi connectivity index (χ0v) is 17.8. The molecular formula is C23H18F2N2OS2. The van der Waals surface area contributed by atoms with Gasteiger partial charge in [-0.1, -0.05) is 54.7 Å². The highest BCUT2D eigenvalue weighted by Crippen LogP contribution is 2.33. The largest absolute Gasteiger partial charge is 0.279 e. The van der Waals surface area contributed by atoms with Gasteiger partial charge >= 0.3 is 0 Å². The van der Waals surface area contributed by atoms with E-state index in [4.69, 9.17) is 0 Å². The van der Waals surface area contributed by atoms with Crippen molar-refractivity contribution < 1.29 is 13.6 Å². The topological polar surface area (TPSA) is 33.2 Å². The number of carbonyl (C=O) groups is 1. The van der Waals surface area contributed by atoms with Crippen molar-refractivity contribution in [2.45, 2.75) is 18.4 Å². The van der Waals surface area contributed by atoms with Gasteiger partial charge < -0.3 is 0 Å². The number of carbonyl (C=O) groups excluding carboxylic acids is 1. The normalized spacial score (nSPS) is 11.0. The van der Waals surface area contributed by atoms with E-state index < -0.39 is 11.6 Å². The SMILES string of the molecule is CCSc1cccc(C(=O)N(Cc2ccccc2)c2nc3c(F)cc(F)cc3s2)c1. The van der Waals surface area contributed by atoms with Crippen molar-refractivity contribution in [3.8, 4) is 0 Å². The van der Waals surface area contributed by atoms with Crippen molar-refractivity contribution in [1.29, 1.82) is 0 Å². The summed E-state index contributed by atoms with van der Waals surface area (Å²) in [7, 11) is 0. The van der Waals surface area contributed by atoms with Crippen LogP contribution in [0.2, 0.25) is 0 Å². The Hall–Kier alpha value is -2.77. The number of aromatic nitrogens is 1. The van der Waals surface area contributed by atoms with Crippen molar-refractivity contribution in [2.75, 3.05) is 10.7 Å². The molecule has 0 aliphatic carbocycles. The zero-order chi connectivity index (χ0) is 21.1. The average Bonchev–Trinajstić information content (AvgIpc) is 3.17. The molecule has 7 heteroatoms. The fourth-order valence-corrected chi connectivity index (χ4v) is 4.82. The Labute approximate surface area is 181 Å². The quantitative estimate of drug-likeness (QED) is 0.320. The summed E-state index contributed by atoms with van der Waals surface area (Å²) in [4.78, 5) is 20.3. The van der Waals surface area contributed by atoms with Gasteiger partial charge in [0.2, 0.25) is 0 Å². The molecule has 1 heterocycles. The molecule has 1 aromatic heterocycles. The van der Waals surface area contributed by atoms with Crippen LogP contribution < -0.4 is 4.90 Å². The lowest BCUT2D eigenvalue weighted by Crippen LogP contribution is -2.30. The third-order valence-corrected chi connectivity index (χ3v) is 6.35. The monoisotopic (exact) mass is 440 g/mol. The van der Waals surface area contributed by atoms with Crippen LogP contribution in [0, 0.1) is 11.6 Å². The van der Waals surface area contributed by atoms with Crippen molar-refractivity contribution in [3.05, 3.63) is 89.5 Å². The Balaban J connectivity index is 1.77. The first-order chi connectivity index (χ1) is 14.5. The molecule has 0 fully saturated rings. The van der Waals surface area contributed by atoms with Crippen LogP contribution in [0.1, 0.15) is 22.8 Å². The van der Waals surface area contributed by atoms with Crippen LogP contribution in [0.15, 0.2) is 71.6 Å². The van der Waals surface area contributed by atoms with Gasteiger partial charge in [0.05, 0.1) is 11.2 Å². The minimum Gasteiger partial charge on any atom is -0.279 e. The number of rotatable bonds is 6. The zero-order valence-electron chi connectivity index (χ0n) is 16.1. The molecule has 0 saturated carbocycles. The maximum atomic E-state index is 14.2. The van der Waals surface area contributed by atoms with E-state index in [1.807, 2.05) is 48.5 Å². The number of fused-ring (bicyclic) bond motifs is 1. The predicted molar refractivity (Wildman–Crippen MR) is 119 cm³/mol. The van der Waals surface area contributed by atoms with E-state index in [1.54, 1.807) is 17.8 Å². The molecule has 0 spiro atoms. The van der Waals surface area contributed by atoms with E-state index in [0.29, 0.717) is 15.4 Å². The molecule has 0 bridgehead atoms. The molecule has 0 aliphatic rings. The number of hydrogen-bond acceptors (Lipinski definition) is 4. The summed E-state index contributed by atoms with van der Waals surface area (Å²) < 4.78 is 28.2. The minimum absolute atomic E-state index is 0.0672. The summed E-state index contributed by atoms with van der Waals surface area (Å²) in [5.41, 5.74) is 1.50. The van der Waals surface area contributed by atoms with Gasteiger partial charge in [0.15, 0.2) is 10.9 Å². The predicted octanol–water partition coefficient (Wildman–Crippen LogP) is 6.53. The number of benzene rings is 3. The number of amides is 1. The Morgan fingerprint density at radius 3 is 2.63 bits per heavy atom. The fourth-order valence-electron chi connectivity index (χ4n) is 3.09. The molecule has 3 nitrogen and oxygen atoms in total. The van der Waals surface area contributed by atoms with E-state index in [9.17, 15) is 13.6 Å². The van der Waals surface area contributed by atoms with Crippen LogP contribution >= 0.6 is 23.1 Å². The summed E-state index contributed by atoms with van der Waals surface area (Å²) in [6, 6.07) is 19.0. The van der Waals surface area contributed by atoms with Crippen molar-refractivity contribution >= 4 is 44.4 Å². The lowest BCUT2D eigenvalue weighted by atomic mass is 10.1. The maximum absolute atomic E-state index is 14.2. The average molecular weight is 441 g/mol. The Morgan fingerprint density at radius 2 is 1.87 bits per heavy atom. The first-order valence-electron chi connectivity index (χ1n) is 9.39. The molecule has 0 unspecified atom stereocenters. The molecule has 3 aromatic carbocycles. The van der Waals surface area contributed by atoms with Crippen LogP contribution in [-0.2, 0) is 6.54 Å². The van der Waals surface area contributed by atoms with Crippen LogP contribution in [0.4, 0.5) is 13.9 Å². The summed E-state index contributed by atoms with van der Waals surface area (Å²) in [6.07, 6.45) is 0. The van der Waals surface area contributed by atoms with Gasteiger partial charge in [-0.2, -0.15) is 0 Å². The summed E-state index contributed by atoms with van der Waals surface area (Å²) >= 11 is 2.75. The van der Waals surface area contributed by atoms with Crippen molar-refractivity contribution in [2.24, 2.45) is 0 Å². The van der Waals surface area contributed by atoms with Gasteiger partial charge in [0.1, 0.15) is 11.3 Å². The number of nitrogens with zero attached hydrogens (tertiary/aromatic N) is 2. The number of anilines is 1. The van der Waals surface area contributed by atoms with E-state index in [1.165, 1.54) is 11.0 Å². The number of hydrogen-bond donors (Lipinski definition) is 0.